The molecule has 0 aliphatic heterocycles. The zero-order valence-electron chi connectivity index (χ0n) is 10.9. The first-order valence-corrected chi connectivity index (χ1v) is 8.30. The Morgan fingerprint density at radius 3 is 2.48 bits per heavy atom. The molecule has 110 valence electrons. The van der Waals surface area contributed by atoms with Crippen LogP contribution in [0.1, 0.15) is 4.88 Å². The van der Waals surface area contributed by atoms with E-state index < -0.39 is 9.84 Å². The molecule has 2 aromatic carbocycles. The number of halogens is 1. The number of hydrogen-bond donors (Lipinski definition) is 1. The van der Waals surface area contributed by atoms with Crippen molar-refractivity contribution in [3.8, 4) is 0 Å². The molecule has 0 radical (unpaired) electrons. The summed E-state index contributed by atoms with van der Waals surface area (Å²) in [7, 11) is -3.57. The fraction of sp³-hybridized carbons (Fsp3) is 0.0714. The second-order valence-electron chi connectivity index (χ2n) is 4.31. The summed E-state index contributed by atoms with van der Waals surface area (Å²) in [4.78, 5) is 4.98. The van der Waals surface area contributed by atoms with E-state index >= 15 is 0 Å². The summed E-state index contributed by atoms with van der Waals surface area (Å²) in [5.41, 5.74) is 5.50. The quantitative estimate of drug-likeness (QED) is 0.795. The van der Waals surface area contributed by atoms with Crippen LogP contribution in [0.5, 0.6) is 0 Å². The second-order valence-corrected chi connectivity index (χ2v) is 7.55. The molecule has 21 heavy (non-hydrogen) atoms. The molecule has 3 rings (SSSR count). The van der Waals surface area contributed by atoms with Gasteiger partial charge in [0.05, 0.1) is 4.90 Å². The molecule has 0 amide bonds. The number of rotatable bonds is 3. The van der Waals surface area contributed by atoms with Gasteiger partial charge < -0.3 is 5.73 Å². The van der Waals surface area contributed by atoms with Crippen LogP contribution in [0, 0.1) is 0 Å². The Kier molecular flexibility index (Phi) is 4.63. The van der Waals surface area contributed by atoms with E-state index in [1.807, 2.05) is 24.3 Å². The highest BCUT2D eigenvalue weighted by molar-refractivity contribution is 7.93. The van der Waals surface area contributed by atoms with Crippen molar-refractivity contribution in [3.63, 3.8) is 0 Å². The molecule has 4 nitrogen and oxygen atoms in total. The fourth-order valence-electron chi connectivity index (χ4n) is 1.94. The molecule has 1 aromatic heterocycles. The van der Waals surface area contributed by atoms with E-state index in [0.29, 0.717) is 6.54 Å². The van der Waals surface area contributed by atoms with Crippen LogP contribution in [0.4, 0.5) is 0 Å². The molecular formula is C14H13ClN2O2S2. The van der Waals surface area contributed by atoms with Gasteiger partial charge in [0, 0.05) is 17.6 Å². The van der Waals surface area contributed by atoms with Crippen LogP contribution in [-0.2, 0) is 16.4 Å². The Labute approximate surface area is 133 Å². The predicted molar refractivity (Wildman–Crippen MR) is 86.7 cm³/mol. The van der Waals surface area contributed by atoms with Gasteiger partial charge in [-0.3, -0.25) is 0 Å². The molecule has 3 aromatic rings. The summed E-state index contributed by atoms with van der Waals surface area (Å²) in [6, 6.07) is 12.7. The molecule has 0 fully saturated rings. The van der Waals surface area contributed by atoms with E-state index in [2.05, 4.69) is 4.98 Å². The maximum atomic E-state index is 12.5. The first-order chi connectivity index (χ1) is 9.61. The van der Waals surface area contributed by atoms with Gasteiger partial charge in [0.1, 0.15) is 0 Å². The maximum Gasteiger partial charge on any atom is 0.233 e. The van der Waals surface area contributed by atoms with Gasteiger partial charge in [-0.25, -0.2) is 13.4 Å². The van der Waals surface area contributed by atoms with E-state index in [4.69, 9.17) is 5.73 Å². The summed E-state index contributed by atoms with van der Waals surface area (Å²) in [6.07, 6.45) is 1.51. The second kappa shape index (κ2) is 6.11. The highest BCUT2D eigenvalue weighted by atomic mass is 35.5. The summed E-state index contributed by atoms with van der Waals surface area (Å²) in [6.45, 7) is 0.297. The van der Waals surface area contributed by atoms with Crippen LogP contribution >= 0.6 is 23.7 Å². The smallest absolute Gasteiger partial charge is 0.233 e. The minimum absolute atomic E-state index is 0. The number of aromatic nitrogens is 1. The zero-order chi connectivity index (χ0) is 14.2. The van der Waals surface area contributed by atoms with Gasteiger partial charge in [0.25, 0.3) is 0 Å². The lowest BCUT2D eigenvalue weighted by Crippen LogP contribution is -2.01. The lowest BCUT2D eigenvalue weighted by molar-refractivity contribution is 0.595. The Balaban J connectivity index is 0.00000161. The molecule has 7 heteroatoms. The van der Waals surface area contributed by atoms with Crippen molar-refractivity contribution in [2.45, 2.75) is 15.8 Å². The van der Waals surface area contributed by atoms with Crippen LogP contribution in [-0.4, -0.2) is 13.4 Å². The molecule has 0 aliphatic carbocycles. The Hall–Kier alpha value is -1.47. The lowest BCUT2D eigenvalue weighted by atomic mass is 10.1. The first-order valence-electron chi connectivity index (χ1n) is 6.00. The number of hydrogen-bond acceptors (Lipinski definition) is 5. The standard InChI is InChI=1S/C14H12N2O2S2.ClH/c15-8-12-9-16-14(19-12)20(17,18)13-6-5-10-3-1-2-4-11(10)7-13;/h1-7,9H,8,15H2;1H. The highest BCUT2D eigenvalue weighted by Gasteiger charge is 2.21. The van der Waals surface area contributed by atoms with Gasteiger partial charge in [0.2, 0.25) is 14.2 Å². The van der Waals surface area contributed by atoms with Crippen molar-refractivity contribution < 1.29 is 8.42 Å². The molecule has 0 aliphatic rings. The van der Waals surface area contributed by atoms with Crippen LogP contribution in [0.15, 0.2) is 57.9 Å². The fourth-order valence-corrected chi connectivity index (χ4v) is 4.43. The highest BCUT2D eigenvalue weighted by Crippen LogP contribution is 2.27. The average Bonchev–Trinajstić information content (AvgIpc) is 2.96. The molecule has 0 bridgehead atoms. The normalized spacial score (nSPS) is 11.3. The van der Waals surface area contributed by atoms with Crippen molar-refractivity contribution in [1.82, 2.24) is 4.98 Å². The van der Waals surface area contributed by atoms with Gasteiger partial charge in [0.15, 0.2) is 0 Å². The summed E-state index contributed by atoms with van der Waals surface area (Å²) in [5, 5.41) is 1.90. The number of thiazole rings is 1. The minimum atomic E-state index is -3.57. The van der Waals surface area contributed by atoms with E-state index in [9.17, 15) is 8.42 Å². The van der Waals surface area contributed by atoms with Gasteiger partial charge in [-0.1, -0.05) is 30.3 Å². The van der Waals surface area contributed by atoms with E-state index in [1.165, 1.54) is 6.20 Å². The molecule has 0 saturated heterocycles. The Morgan fingerprint density at radius 1 is 1.10 bits per heavy atom. The van der Waals surface area contributed by atoms with Crippen molar-refractivity contribution in [2.24, 2.45) is 5.73 Å². The molecule has 0 atom stereocenters. The van der Waals surface area contributed by atoms with Gasteiger partial charge >= 0.3 is 0 Å². The van der Waals surface area contributed by atoms with E-state index in [-0.39, 0.29) is 21.6 Å². The first kappa shape index (κ1) is 15.9. The third-order valence-electron chi connectivity index (χ3n) is 2.99. The molecule has 0 unspecified atom stereocenters. The van der Waals surface area contributed by atoms with Gasteiger partial charge in [-0.05, 0) is 22.9 Å². The van der Waals surface area contributed by atoms with Gasteiger partial charge in [-0.15, -0.1) is 23.7 Å². The number of fused-ring (bicyclic) bond motifs is 1. The summed E-state index contributed by atoms with van der Waals surface area (Å²) in [5.74, 6) is 0. The van der Waals surface area contributed by atoms with E-state index in [0.717, 1.165) is 27.0 Å². The molecular weight excluding hydrogens is 328 g/mol. The SMILES string of the molecule is Cl.NCc1cnc(S(=O)(=O)c2ccc3ccccc3c2)s1. The molecule has 2 N–H and O–H groups in total. The molecule has 0 saturated carbocycles. The van der Waals surface area contributed by atoms with Gasteiger partial charge in [-0.2, -0.15) is 0 Å². The summed E-state index contributed by atoms with van der Waals surface area (Å²) >= 11 is 1.12. The zero-order valence-corrected chi connectivity index (χ0v) is 13.3. The average molecular weight is 341 g/mol. The molecule has 1 heterocycles. The summed E-state index contributed by atoms with van der Waals surface area (Å²) < 4.78 is 25.1. The lowest BCUT2D eigenvalue weighted by Gasteiger charge is -2.03. The number of nitrogens with zero attached hydrogens (tertiary/aromatic N) is 1. The minimum Gasteiger partial charge on any atom is -0.326 e. The largest absolute Gasteiger partial charge is 0.326 e. The number of sulfone groups is 1. The van der Waals surface area contributed by atoms with Crippen LogP contribution in [0.25, 0.3) is 10.8 Å². The maximum absolute atomic E-state index is 12.5. The Morgan fingerprint density at radius 2 is 1.81 bits per heavy atom. The third kappa shape index (κ3) is 2.94. The van der Waals surface area contributed by atoms with Crippen molar-refractivity contribution in [1.29, 1.82) is 0 Å². The third-order valence-corrected chi connectivity index (χ3v) is 6.16. The van der Waals surface area contributed by atoms with E-state index in [1.54, 1.807) is 18.2 Å². The monoisotopic (exact) mass is 340 g/mol. The number of nitrogens with two attached hydrogens (primary N) is 1. The van der Waals surface area contributed by atoms with Crippen LogP contribution in [0.3, 0.4) is 0 Å². The predicted octanol–water partition coefficient (Wildman–Crippen LogP) is 3.01. The number of benzene rings is 2. The molecule has 0 spiro atoms. The Bertz CT molecular complexity index is 875. The van der Waals surface area contributed by atoms with Crippen molar-refractivity contribution in [2.75, 3.05) is 0 Å². The topological polar surface area (TPSA) is 73.0 Å². The van der Waals surface area contributed by atoms with Crippen molar-refractivity contribution in [3.05, 3.63) is 53.5 Å². The van der Waals surface area contributed by atoms with Crippen LogP contribution in [0.2, 0.25) is 0 Å². The van der Waals surface area contributed by atoms with Crippen LogP contribution < -0.4 is 5.73 Å². The van der Waals surface area contributed by atoms with Crippen molar-refractivity contribution >= 4 is 44.4 Å².